The number of aryl methyl sites for hydroxylation is 1. The molecule has 140 valence electrons. The minimum atomic E-state index is -0.463. The van der Waals surface area contributed by atoms with Crippen LogP contribution in [0.2, 0.25) is 0 Å². The fraction of sp³-hybridized carbons (Fsp3) is 0.0476. The molecular formula is C21H17N3O3S. The zero-order valence-corrected chi connectivity index (χ0v) is 15.8. The molecule has 0 saturated heterocycles. The van der Waals surface area contributed by atoms with Gasteiger partial charge in [-0.05, 0) is 47.6 Å². The molecule has 0 heterocycles. The molecule has 3 rings (SSSR count). The standard InChI is InChI=1S/C21H17N3O3S/c1-14-9-11-17(13-19(14)24(26)27)22-21(28)23-20(25)12-10-16-7-4-6-15-5-2-3-8-18(15)16/h2-13H,1H3,(H2,22,23,25,28)/b12-10+. The van der Waals surface area contributed by atoms with Crippen molar-refractivity contribution >= 4 is 51.5 Å². The first-order chi connectivity index (χ1) is 13.4. The van der Waals surface area contributed by atoms with Gasteiger partial charge in [0.05, 0.1) is 4.92 Å². The molecule has 0 aromatic heterocycles. The highest BCUT2D eigenvalue weighted by Crippen LogP contribution is 2.22. The normalized spacial score (nSPS) is 10.8. The second-order valence-corrected chi connectivity index (χ2v) is 6.51. The Kier molecular flexibility index (Phi) is 5.76. The smallest absolute Gasteiger partial charge is 0.274 e. The van der Waals surface area contributed by atoms with E-state index in [4.69, 9.17) is 12.2 Å². The molecule has 7 heteroatoms. The highest BCUT2D eigenvalue weighted by Gasteiger charge is 2.12. The molecule has 0 fully saturated rings. The Bertz CT molecular complexity index is 1100. The molecule has 0 spiro atoms. The van der Waals surface area contributed by atoms with Crippen molar-refractivity contribution in [3.05, 3.63) is 88.0 Å². The summed E-state index contributed by atoms with van der Waals surface area (Å²) in [7, 11) is 0. The molecule has 0 radical (unpaired) electrons. The third-order valence-corrected chi connectivity index (χ3v) is 4.34. The van der Waals surface area contributed by atoms with Crippen LogP contribution in [0.5, 0.6) is 0 Å². The molecule has 1 amide bonds. The Labute approximate surface area is 167 Å². The lowest BCUT2D eigenvalue weighted by atomic mass is 10.0. The Morgan fingerprint density at radius 3 is 2.64 bits per heavy atom. The fourth-order valence-corrected chi connectivity index (χ4v) is 2.98. The van der Waals surface area contributed by atoms with Crippen LogP contribution in [0.1, 0.15) is 11.1 Å². The summed E-state index contributed by atoms with van der Waals surface area (Å²) >= 11 is 5.12. The summed E-state index contributed by atoms with van der Waals surface area (Å²) < 4.78 is 0. The van der Waals surface area contributed by atoms with Crippen molar-refractivity contribution in [3.63, 3.8) is 0 Å². The van der Waals surface area contributed by atoms with Crippen LogP contribution in [0, 0.1) is 17.0 Å². The number of carbonyl (C=O) groups is 1. The number of nitro groups is 1. The average molecular weight is 391 g/mol. The largest absolute Gasteiger partial charge is 0.332 e. The van der Waals surface area contributed by atoms with Gasteiger partial charge in [-0.3, -0.25) is 20.2 Å². The van der Waals surface area contributed by atoms with Crippen LogP contribution >= 0.6 is 12.2 Å². The molecule has 0 aliphatic carbocycles. The van der Waals surface area contributed by atoms with Gasteiger partial charge in [0.25, 0.3) is 5.69 Å². The van der Waals surface area contributed by atoms with Gasteiger partial charge in [-0.2, -0.15) is 0 Å². The van der Waals surface area contributed by atoms with E-state index >= 15 is 0 Å². The third-order valence-electron chi connectivity index (χ3n) is 4.14. The van der Waals surface area contributed by atoms with Gasteiger partial charge in [-0.15, -0.1) is 0 Å². The zero-order valence-electron chi connectivity index (χ0n) is 15.0. The first kappa shape index (κ1) is 19.2. The van der Waals surface area contributed by atoms with Gasteiger partial charge in [0, 0.05) is 23.4 Å². The monoisotopic (exact) mass is 391 g/mol. The Hall–Kier alpha value is -3.58. The number of hydrogen-bond acceptors (Lipinski definition) is 4. The topological polar surface area (TPSA) is 84.3 Å². The van der Waals surface area contributed by atoms with Gasteiger partial charge in [-0.25, -0.2) is 0 Å². The van der Waals surface area contributed by atoms with E-state index in [1.807, 2.05) is 42.5 Å². The lowest BCUT2D eigenvalue weighted by Crippen LogP contribution is -2.32. The quantitative estimate of drug-likeness (QED) is 0.294. The maximum Gasteiger partial charge on any atom is 0.274 e. The fourth-order valence-electron chi connectivity index (χ4n) is 2.76. The van der Waals surface area contributed by atoms with Gasteiger partial charge >= 0.3 is 0 Å². The Morgan fingerprint density at radius 1 is 1.11 bits per heavy atom. The predicted molar refractivity (Wildman–Crippen MR) is 115 cm³/mol. The summed E-state index contributed by atoms with van der Waals surface area (Å²) in [5.74, 6) is -0.396. The number of fused-ring (bicyclic) bond motifs is 1. The zero-order chi connectivity index (χ0) is 20.1. The Morgan fingerprint density at radius 2 is 1.86 bits per heavy atom. The van der Waals surface area contributed by atoms with Crippen molar-refractivity contribution in [1.82, 2.24) is 5.32 Å². The third kappa shape index (κ3) is 4.57. The molecule has 0 unspecified atom stereocenters. The lowest BCUT2D eigenvalue weighted by Gasteiger charge is -2.09. The molecule has 2 N–H and O–H groups in total. The van der Waals surface area contributed by atoms with Crippen LogP contribution in [0.25, 0.3) is 16.8 Å². The number of nitrogens with zero attached hydrogens (tertiary/aromatic N) is 1. The molecule has 0 aliphatic rings. The average Bonchev–Trinajstić information content (AvgIpc) is 2.67. The molecule has 0 bridgehead atoms. The van der Waals surface area contributed by atoms with E-state index in [1.165, 1.54) is 12.1 Å². The summed E-state index contributed by atoms with van der Waals surface area (Å²) in [5, 5.41) is 18.5. The van der Waals surface area contributed by atoms with Crippen LogP contribution < -0.4 is 10.6 Å². The van der Waals surface area contributed by atoms with E-state index in [9.17, 15) is 14.9 Å². The molecule has 3 aromatic rings. The second-order valence-electron chi connectivity index (χ2n) is 6.10. The number of hydrogen-bond donors (Lipinski definition) is 2. The Balaban J connectivity index is 1.66. The molecule has 0 atom stereocenters. The van der Waals surface area contributed by atoms with Gasteiger partial charge < -0.3 is 5.32 Å². The number of carbonyl (C=O) groups excluding carboxylic acids is 1. The molecule has 3 aromatic carbocycles. The number of thiocarbonyl (C=S) groups is 1. The number of benzene rings is 3. The minimum absolute atomic E-state index is 0.0185. The van der Waals surface area contributed by atoms with Crippen LogP contribution in [0.3, 0.4) is 0 Å². The van der Waals surface area contributed by atoms with Crippen molar-refractivity contribution in [2.45, 2.75) is 6.92 Å². The van der Waals surface area contributed by atoms with E-state index in [2.05, 4.69) is 10.6 Å². The first-order valence-electron chi connectivity index (χ1n) is 8.47. The van der Waals surface area contributed by atoms with Gasteiger partial charge in [0.1, 0.15) is 0 Å². The molecule has 0 aliphatic heterocycles. The lowest BCUT2D eigenvalue weighted by molar-refractivity contribution is -0.385. The molecule has 28 heavy (non-hydrogen) atoms. The molecular weight excluding hydrogens is 374 g/mol. The number of amides is 1. The predicted octanol–water partition coefficient (Wildman–Crippen LogP) is 4.58. The van der Waals surface area contributed by atoms with Gasteiger partial charge in [0.15, 0.2) is 5.11 Å². The summed E-state index contributed by atoms with van der Waals surface area (Å²) in [5.41, 5.74) is 1.88. The van der Waals surface area contributed by atoms with Crippen molar-refractivity contribution in [3.8, 4) is 0 Å². The SMILES string of the molecule is Cc1ccc(NC(=S)NC(=O)/C=C/c2cccc3ccccc23)cc1[N+](=O)[O-]. The molecule has 0 saturated carbocycles. The van der Waals surface area contributed by atoms with Crippen LogP contribution in [-0.4, -0.2) is 15.9 Å². The number of anilines is 1. The summed E-state index contributed by atoms with van der Waals surface area (Å²) in [6, 6.07) is 18.4. The van der Waals surface area contributed by atoms with E-state index in [-0.39, 0.29) is 10.8 Å². The first-order valence-corrected chi connectivity index (χ1v) is 8.88. The minimum Gasteiger partial charge on any atom is -0.332 e. The number of nitro benzene ring substituents is 1. The van der Waals surface area contributed by atoms with E-state index in [0.717, 1.165) is 16.3 Å². The number of nitrogens with one attached hydrogen (secondary N) is 2. The van der Waals surface area contributed by atoms with Crippen LogP contribution in [0.4, 0.5) is 11.4 Å². The maximum atomic E-state index is 12.1. The van der Waals surface area contributed by atoms with Gasteiger partial charge in [0.2, 0.25) is 5.91 Å². The van der Waals surface area contributed by atoms with Crippen LogP contribution in [-0.2, 0) is 4.79 Å². The van der Waals surface area contributed by atoms with E-state index < -0.39 is 10.8 Å². The molecule has 6 nitrogen and oxygen atoms in total. The van der Waals surface area contributed by atoms with Crippen molar-refractivity contribution < 1.29 is 9.72 Å². The highest BCUT2D eigenvalue weighted by molar-refractivity contribution is 7.80. The summed E-state index contributed by atoms with van der Waals surface area (Å²) in [6.07, 6.45) is 3.12. The van der Waals surface area contributed by atoms with E-state index in [1.54, 1.807) is 25.1 Å². The van der Waals surface area contributed by atoms with E-state index in [0.29, 0.717) is 11.3 Å². The van der Waals surface area contributed by atoms with Crippen molar-refractivity contribution in [1.29, 1.82) is 0 Å². The van der Waals surface area contributed by atoms with Crippen molar-refractivity contribution in [2.75, 3.05) is 5.32 Å². The van der Waals surface area contributed by atoms with Crippen molar-refractivity contribution in [2.24, 2.45) is 0 Å². The second kappa shape index (κ2) is 8.41. The summed E-state index contributed by atoms with van der Waals surface area (Å²) in [4.78, 5) is 22.7. The maximum absolute atomic E-state index is 12.1. The highest BCUT2D eigenvalue weighted by atomic mass is 32.1. The summed E-state index contributed by atoms with van der Waals surface area (Å²) in [6.45, 7) is 1.65. The number of rotatable bonds is 4. The van der Waals surface area contributed by atoms with Crippen LogP contribution in [0.15, 0.2) is 66.7 Å². The van der Waals surface area contributed by atoms with Gasteiger partial charge in [-0.1, -0.05) is 48.5 Å².